The maximum Gasteiger partial charge on any atom is 0.344 e. The Balaban J connectivity index is 1.84. The second-order valence-electron chi connectivity index (χ2n) is 7.15. The fourth-order valence-electron chi connectivity index (χ4n) is 2.17. The lowest BCUT2D eigenvalue weighted by molar-refractivity contribution is -0.157. The van der Waals surface area contributed by atoms with E-state index in [9.17, 15) is 14.4 Å². The summed E-state index contributed by atoms with van der Waals surface area (Å²) in [5.41, 5.74) is 5.49. The van der Waals surface area contributed by atoms with Crippen LogP contribution in [0.15, 0.2) is 42.6 Å². The summed E-state index contributed by atoms with van der Waals surface area (Å²) in [5, 5.41) is 11.9. The van der Waals surface area contributed by atoms with Crippen molar-refractivity contribution in [2.24, 2.45) is 5.73 Å². The summed E-state index contributed by atoms with van der Waals surface area (Å²) in [7, 11) is 0. The zero-order chi connectivity index (χ0) is 22.3. The number of rotatable bonds is 6. The Bertz CT molecular complexity index is 934. The highest BCUT2D eigenvalue weighted by molar-refractivity contribution is 6.08. The number of carbonyl (C=O) groups excluding carboxylic acids is 3. The first-order chi connectivity index (χ1) is 14.0. The van der Waals surface area contributed by atoms with Gasteiger partial charge in [0.15, 0.2) is 6.61 Å². The smallest absolute Gasteiger partial charge is 0.344 e. The Labute approximate surface area is 173 Å². The predicted octanol–water partition coefficient (Wildman–Crippen LogP) is 2.05. The lowest BCUT2D eigenvalue weighted by Gasteiger charge is -2.19. The fourth-order valence-corrected chi connectivity index (χ4v) is 2.17. The number of hydrogen-bond donors (Lipinski definition) is 4. The summed E-state index contributed by atoms with van der Waals surface area (Å²) in [4.78, 5) is 39.6. The second-order valence-corrected chi connectivity index (χ2v) is 7.15. The van der Waals surface area contributed by atoms with E-state index in [1.807, 2.05) is 0 Å². The minimum Gasteiger partial charge on any atom is -0.482 e. The number of nitrogens with two attached hydrogens (primary N) is 1. The van der Waals surface area contributed by atoms with E-state index in [4.69, 9.17) is 20.6 Å². The summed E-state index contributed by atoms with van der Waals surface area (Å²) in [6, 6.07) is 8.31. The number of nitrogens with zero attached hydrogens (tertiary/aromatic N) is 1. The average molecular weight is 413 g/mol. The van der Waals surface area contributed by atoms with Crippen molar-refractivity contribution in [1.82, 2.24) is 10.3 Å². The predicted molar refractivity (Wildman–Crippen MR) is 110 cm³/mol. The Morgan fingerprint density at radius 3 is 2.30 bits per heavy atom. The number of amides is 3. The molecule has 0 saturated heterocycles. The second kappa shape index (κ2) is 9.50. The van der Waals surface area contributed by atoms with Crippen LogP contribution in [0.25, 0.3) is 0 Å². The molecule has 10 heteroatoms. The molecule has 0 aliphatic heterocycles. The van der Waals surface area contributed by atoms with Crippen molar-refractivity contribution in [1.29, 1.82) is 5.41 Å². The molecular formula is C20H23N5O5. The number of esters is 1. The summed E-state index contributed by atoms with van der Waals surface area (Å²) in [6.45, 7) is 5.05. The molecule has 0 bridgehead atoms. The molecule has 10 nitrogen and oxygen atoms in total. The number of urea groups is 1. The lowest BCUT2D eigenvalue weighted by atomic mass is 10.2. The van der Waals surface area contributed by atoms with Crippen LogP contribution in [-0.4, -0.2) is 40.9 Å². The normalized spacial score (nSPS) is 10.6. The molecule has 1 heterocycles. The molecular weight excluding hydrogens is 390 g/mol. The average Bonchev–Trinajstić information content (AvgIpc) is 2.66. The Kier molecular flexibility index (Phi) is 7.08. The van der Waals surface area contributed by atoms with Gasteiger partial charge in [0.05, 0.1) is 5.56 Å². The summed E-state index contributed by atoms with van der Waals surface area (Å²) < 4.78 is 10.5. The minimum atomic E-state index is -0.738. The van der Waals surface area contributed by atoms with Gasteiger partial charge in [-0.25, -0.2) is 9.59 Å². The number of nitrogens with one attached hydrogen (secondary N) is 3. The van der Waals surface area contributed by atoms with Crippen LogP contribution < -0.4 is 21.1 Å². The van der Waals surface area contributed by atoms with Crippen molar-refractivity contribution in [3.63, 3.8) is 0 Å². The van der Waals surface area contributed by atoms with Crippen molar-refractivity contribution in [2.75, 3.05) is 11.9 Å². The number of nitrogen functional groups attached to an aromatic ring is 1. The number of benzene rings is 1. The quantitative estimate of drug-likeness (QED) is 0.321. The first kappa shape index (κ1) is 22.3. The molecule has 1 aromatic carbocycles. The largest absolute Gasteiger partial charge is 0.482 e. The molecule has 158 valence electrons. The van der Waals surface area contributed by atoms with Gasteiger partial charge in [-0.1, -0.05) is 0 Å². The van der Waals surface area contributed by atoms with Gasteiger partial charge in [-0.2, -0.15) is 0 Å². The Morgan fingerprint density at radius 2 is 1.77 bits per heavy atom. The van der Waals surface area contributed by atoms with E-state index in [-0.39, 0.29) is 23.7 Å². The zero-order valence-electron chi connectivity index (χ0n) is 16.8. The third-order valence-electron chi connectivity index (χ3n) is 3.42. The number of aromatic nitrogens is 1. The standard InChI is InChI=1S/C20H23N5O5/c1-20(2,3)30-16(26)11-29-14-7-5-13(6-8-14)24-19(28)25-18(27)12-4-9-15(17(21)22)23-10-12/h4-10H,11H2,1-3H3,(H3,21,22)(H2,24,25,27,28). The van der Waals surface area contributed by atoms with E-state index in [2.05, 4.69) is 15.6 Å². The molecule has 0 spiro atoms. The number of carbonyl (C=O) groups is 3. The number of ether oxygens (including phenoxy) is 2. The molecule has 0 aliphatic carbocycles. The van der Waals surface area contributed by atoms with Crippen LogP contribution in [-0.2, 0) is 9.53 Å². The highest BCUT2D eigenvalue weighted by Crippen LogP contribution is 2.16. The molecule has 2 aromatic rings. The van der Waals surface area contributed by atoms with Crippen LogP contribution in [0.2, 0.25) is 0 Å². The Hall–Kier alpha value is -3.95. The molecule has 0 fully saturated rings. The summed E-state index contributed by atoms with van der Waals surface area (Å²) in [5.74, 6) is -0.960. The monoisotopic (exact) mass is 413 g/mol. The van der Waals surface area contributed by atoms with Gasteiger partial charge < -0.3 is 20.5 Å². The number of anilines is 1. The molecule has 30 heavy (non-hydrogen) atoms. The first-order valence-electron chi connectivity index (χ1n) is 8.91. The van der Waals surface area contributed by atoms with Crippen molar-refractivity contribution < 1.29 is 23.9 Å². The van der Waals surface area contributed by atoms with Crippen LogP contribution >= 0.6 is 0 Å². The van der Waals surface area contributed by atoms with E-state index in [0.29, 0.717) is 11.4 Å². The molecule has 0 unspecified atom stereocenters. The van der Waals surface area contributed by atoms with Gasteiger partial charge in [0.1, 0.15) is 22.9 Å². The number of pyridine rings is 1. The van der Waals surface area contributed by atoms with Crippen molar-refractivity contribution in [3.8, 4) is 5.75 Å². The lowest BCUT2D eigenvalue weighted by Crippen LogP contribution is -2.34. The van der Waals surface area contributed by atoms with Crippen molar-refractivity contribution >= 4 is 29.4 Å². The van der Waals surface area contributed by atoms with Gasteiger partial charge in [0.2, 0.25) is 0 Å². The highest BCUT2D eigenvalue weighted by Gasteiger charge is 2.16. The van der Waals surface area contributed by atoms with Gasteiger partial charge >= 0.3 is 12.0 Å². The number of imide groups is 1. The van der Waals surface area contributed by atoms with E-state index >= 15 is 0 Å². The molecule has 3 amide bonds. The topological polar surface area (TPSA) is 156 Å². The van der Waals surface area contributed by atoms with E-state index in [1.165, 1.54) is 18.3 Å². The molecule has 1 aromatic heterocycles. The van der Waals surface area contributed by atoms with Crippen LogP contribution in [0.1, 0.15) is 36.8 Å². The molecule has 0 radical (unpaired) electrons. The van der Waals surface area contributed by atoms with Crippen LogP contribution in [0.3, 0.4) is 0 Å². The van der Waals surface area contributed by atoms with Gasteiger partial charge in [-0.15, -0.1) is 0 Å². The summed E-state index contributed by atoms with van der Waals surface area (Å²) in [6.07, 6.45) is 1.22. The fraction of sp³-hybridized carbons (Fsp3) is 0.250. The van der Waals surface area contributed by atoms with Gasteiger partial charge in [0, 0.05) is 11.9 Å². The molecule has 0 aliphatic rings. The first-order valence-corrected chi connectivity index (χ1v) is 8.91. The maximum atomic E-state index is 12.1. The molecule has 0 atom stereocenters. The SMILES string of the molecule is CC(C)(C)OC(=O)COc1ccc(NC(=O)NC(=O)c2ccc(C(=N)N)nc2)cc1. The number of amidine groups is 1. The maximum absolute atomic E-state index is 12.1. The van der Waals surface area contributed by atoms with Crippen molar-refractivity contribution in [3.05, 3.63) is 53.9 Å². The number of hydrogen-bond acceptors (Lipinski definition) is 7. The molecule has 2 rings (SSSR count). The van der Waals surface area contributed by atoms with Gasteiger partial charge in [-0.3, -0.25) is 20.5 Å². The third-order valence-corrected chi connectivity index (χ3v) is 3.42. The molecule has 5 N–H and O–H groups in total. The van der Waals surface area contributed by atoms with Crippen LogP contribution in [0.5, 0.6) is 5.75 Å². The Morgan fingerprint density at radius 1 is 1.10 bits per heavy atom. The van der Waals surface area contributed by atoms with E-state index < -0.39 is 23.5 Å². The van der Waals surface area contributed by atoms with E-state index in [1.54, 1.807) is 45.0 Å². The zero-order valence-corrected chi connectivity index (χ0v) is 16.8. The highest BCUT2D eigenvalue weighted by atomic mass is 16.6. The van der Waals surface area contributed by atoms with E-state index in [0.717, 1.165) is 0 Å². The summed E-state index contributed by atoms with van der Waals surface area (Å²) >= 11 is 0. The van der Waals surface area contributed by atoms with Crippen LogP contribution in [0, 0.1) is 5.41 Å². The minimum absolute atomic E-state index is 0.140. The van der Waals surface area contributed by atoms with Crippen LogP contribution in [0.4, 0.5) is 10.5 Å². The molecule has 0 saturated carbocycles. The van der Waals surface area contributed by atoms with Crippen molar-refractivity contribution in [2.45, 2.75) is 26.4 Å². The van der Waals surface area contributed by atoms with Gasteiger partial charge in [-0.05, 0) is 57.2 Å². The third kappa shape index (κ3) is 7.23. The van der Waals surface area contributed by atoms with Gasteiger partial charge in [0.25, 0.3) is 5.91 Å².